The molecule has 0 N–H and O–H groups in total. The lowest BCUT2D eigenvalue weighted by molar-refractivity contribution is 0.290. The SMILES string of the molecule is COc1cccc2c1nc(CCl)n2CCN1CCSCC1. The van der Waals surface area contributed by atoms with Crippen LogP contribution in [0.3, 0.4) is 0 Å². The van der Waals surface area contributed by atoms with E-state index in [0.29, 0.717) is 5.88 Å². The third-order valence-electron chi connectivity index (χ3n) is 3.90. The van der Waals surface area contributed by atoms with Gasteiger partial charge in [0.15, 0.2) is 0 Å². The Labute approximate surface area is 134 Å². The molecule has 21 heavy (non-hydrogen) atoms. The summed E-state index contributed by atoms with van der Waals surface area (Å²) in [6, 6.07) is 6.04. The van der Waals surface area contributed by atoms with Gasteiger partial charge >= 0.3 is 0 Å². The first-order valence-corrected chi connectivity index (χ1v) is 8.90. The smallest absolute Gasteiger partial charge is 0.146 e. The molecule has 2 aromatic rings. The molecule has 1 aromatic heterocycles. The lowest BCUT2D eigenvalue weighted by Gasteiger charge is -2.26. The van der Waals surface area contributed by atoms with Crippen LogP contribution in [-0.2, 0) is 12.4 Å². The van der Waals surface area contributed by atoms with E-state index in [1.807, 2.05) is 23.9 Å². The second-order valence-electron chi connectivity index (χ2n) is 5.10. The van der Waals surface area contributed by atoms with Crippen LogP contribution in [0.4, 0.5) is 0 Å². The van der Waals surface area contributed by atoms with E-state index in [0.717, 1.165) is 35.7 Å². The summed E-state index contributed by atoms with van der Waals surface area (Å²) in [5.41, 5.74) is 2.02. The van der Waals surface area contributed by atoms with Crippen molar-refractivity contribution in [3.63, 3.8) is 0 Å². The van der Waals surface area contributed by atoms with Gasteiger partial charge in [0.25, 0.3) is 0 Å². The van der Waals surface area contributed by atoms with Gasteiger partial charge in [-0.05, 0) is 12.1 Å². The first-order valence-electron chi connectivity index (χ1n) is 7.21. The highest BCUT2D eigenvalue weighted by atomic mass is 35.5. The summed E-state index contributed by atoms with van der Waals surface area (Å²) in [6.07, 6.45) is 0. The maximum atomic E-state index is 6.08. The molecule has 3 rings (SSSR count). The zero-order valence-corrected chi connectivity index (χ0v) is 13.8. The summed E-state index contributed by atoms with van der Waals surface area (Å²) in [7, 11) is 1.68. The summed E-state index contributed by atoms with van der Waals surface area (Å²) >= 11 is 8.12. The predicted molar refractivity (Wildman–Crippen MR) is 89.6 cm³/mol. The first kappa shape index (κ1) is 15.0. The largest absolute Gasteiger partial charge is 0.494 e. The zero-order chi connectivity index (χ0) is 14.7. The van der Waals surface area contributed by atoms with Crippen LogP contribution in [0.15, 0.2) is 18.2 Å². The van der Waals surface area contributed by atoms with Gasteiger partial charge in [0.05, 0.1) is 18.5 Å². The molecular weight excluding hydrogens is 306 g/mol. The number of benzene rings is 1. The topological polar surface area (TPSA) is 30.3 Å². The van der Waals surface area contributed by atoms with Crippen molar-refractivity contribution in [1.82, 2.24) is 14.5 Å². The Hall–Kier alpha value is -0.910. The van der Waals surface area contributed by atoms with E-state index in [4.69, 9.17) is 16.3 Å². The Morgan fingerprint density at radius 1 is 1.29 bits per heavy atom. The van der Waals surface area contributed by atoms with Gasteiger partial charge in [0.2, 0.25) is 0 Å². The van der Waals surface area contributed by atoms with Gasteiger partial charge in [-0.1, -0.05) is 6.07 Å². The number of halogens is 1. The Morgan fingerprint density at radius 3 is 2.81 bits per heavy atom. The van der Waals surface area contributed by atoms with Crippen molar-refractivity contribution >= 4 is 34.4 Å². The maximum Gasteiger partial charge on any atom is 0.146 e. The molecule has 1 saturated heterocycles. The summed E-state index contributed by atoms with van der Waals surface area (Å²) < 4.78 is 7.63. The second kappa shape index (κ2) is 6.90. The number of para-hydroxylation sites is 1. The molecule has 1 fully saturated rings. The molecule has 0 atom stereocenters. The van der Waals surface area contributed by atoms with Crippen molar-refractivity contribution < 1.29 is 4.74 Å². The lowest BCUT2D eigenvalue weighted by atomic mass is 10.3. The van der Waals surface area contributed by atoms with Crippen LogP contribution in [0.2, 0.25) is 0 Å². The molecular formula is C15H20ClN3OS. The number of thioether (sulfide) groups is 1. The normalized spacial score (nSPS) is 16.5. The van der Waals surface area contributed by atoms with E-state index >= 15 is 0 Å². The highest BCUT2D eigenvalue weighted by Gasteiger charge is 2.15. The number of ether oxygens (including phenoxy) is 1. The minimum Gasteiger partial charge on any atom is -0.494 e. The van der Waals surface area contributed by atoms with Gasteiger partial charge in [-0.15, -0.1) is 11.6 Å². The molecule has 0 amide bonds. The van der Waals surface area contributed by atoms with Gasteiger partial charge in [-0.2, -0.15) is 11.8 Å². The van der Waals surface area contributed by atoms with Gasteiger partial charge < -0.3 is 9.30 Å². The quantitative estimate of drug-likeness (QED) is 0.791. The van der Waals surface area contributed by atoms with E-state index in [9.17, 15) is 0 Å². The third kappa shape index (κ3) is 3.15. The van der Waals surface area contributed by atoms with Crippen molar-refractivity contribution in [2.75, 3.05) is 38.2 Å². The van der Waals surface area contributed by atoms with E-state index in [1.165, 1.54) is 24.6 Å². The Balaban J connectivity index is 1.85. The molecule has 2 heterocycles. The van der Waals surface area contributed by atoms with Crippen LogP contribution < -0.4 is 4.74 Å². The summed E-state index contributed by atoms with van der Waals surface area (Å²) in [5.74, 6) is 4.63. The average molecular weight is 326 g/mol. The lowest BCUT2D eigenvalue weighted by Crippen LogP contribution is -2.35. The van der Waals surface area contributed by atoms with Gasteiger partial charge in [0.1, 0.15) is 17.1 Å². The molecule has 114 valence electrons. The Bertz CT molecular complexity index is 610. The van der Waals surface area contributed by atoms with Crippen LogP contribution in [0.1, 0.15) is 5.82 Å². The van der Waals surface area contributed by atoms with Crippen LogP contribution >= 0.6 is 23.4 Å². The minimum absolute atomic E-state index is 0.424. The minimum atomic E-state index is 0.424. The average Bonchev–Trinajstić information content (AvgIpc) is 2.91. The molecule has 0 saturated carbocycles. The van der Waals surface area contributed by atoms with Gasteiger partial charge in [-0.3, -0.25) is 4.90 Å². The highest BCUT2D eigenvalue weighted by molar-refractivity contribution is 7.99. The number of alkyl halides is 1. The number of rotatable bonds is 5. The molecule has 1 aliphatic heterocycles. The van der Waals surface area contributed by atoms with Crippen molar-refractivity contribution in [2.24, 2.45) is 0 Å². The Morgan fingerprint density at radius 2 is 2.10 bits per heavy atom. The molecule has 0 spiro atoms. The van der Waals surface area contributed by atoms with Crippen molar-refractivity contribution in [3.05, 3.63) is 24.0 Å². The fraction of sp³-hybridized carbons (Fsp3) is 0.533. The standard InChI is InChI=1S/C15H20ClN3OS/c1-20-13-4-2-3-12-15(13)17-14(11-16)19(12)6-5-18-7-9-21-10-8-18/h2-4H,5-11H2,1H3. The molecule has 0 aliphatic carbocycles. The fourth-order valence-electron chi connectivity index (χ4n) is 2.75. The molecule has 6 heteroatoms. The van der Waals surface area contributed by atoms with E-state index in [-0.39, 0.29) is 0 Å². The monoisotopic (exact) mass is 325 g/mol. The van der Waals surface area contributed by atoms with Gasteiger partial charge in [-0.25, -0.2) is 4.98 Å². The highest BCUT2D eigenvalue weighted by Crippen LogP contribution is 2.26. The Kier molecular flexibility index (Phi) is 4.93. The van der Waals surface area contributed by atoms with E-state index in [1.54, 1.807) is 7.11 Å². The van der Waals surface area contributed by atoms with Crippen molar-refractivity contribution in [1.29, 1.82) is 0 Å². The van der Waals surface area contributed by atoms with Crippen LogP contribution in [-0.4, -0.2) is 52.7 Å². The second-order valence-corrected chi connectivity index (χ2v) is 6.59. The third-order valence-corrected chi connectivity index (χ3v) is 5.09. The molecule has 4 nitrogen and oxygen atoms in total. The van der Waals surface area contributed by atoms with Crippen LogP contribution in [0.25, 0.3) is 11.0 Å². The van der Waals surface area contributed by atoms with E-state index in [2.05, 4.69) is 20.5 Å². The number of hydrogen-bond acceptors (Lipinski definition) is 4. The van der Waals surface area contributed by atoms with E-state index < -0.39 is 0 Å². The number of aromatic nitrogens is 2. The molecule has 0 unspecified atom stereocenters. The number of imidazole rings is 1. The van der Waals surface area contributed by atoms with Crippen LogP contribution in [0, 0.1) is 0 Å². The first-order chi connectivity index (χ1) is 10.3. The number of hydrogen-bond donors (Lipinski definition) is 0. The number of nitrogens with zero attached hydrogens (tertiary/aromatic N) is 3. The number of methoxy groups -OCH3 is 1. The number of fused-ring (bicyclic) bond motifs is 1. The van der Waals surface area contributed by atoms with Crippen molar-refractivity contribution in [2.45, 2.75) is 12.4 Å². The summed E-state index contributed by atoms with van der Waals surface area (Å²) in [5, 5.41) is 0. The molecule has 1 aromatic carbocycles. The summed E-state index contributed by atoms with van der Waals surface area (Å²) in [6.45, 7) is 4.33. The maximum absolute atomic E-state index is 6.08. The molecule has 0 bridgehead atoms. The predicted octanol–water partition coefficient (Wildman–Crippen LogP) is 2.83. The van der Waals surface area contributed by atoms with Crippen molar-refractivity contribution in [3.8, 4) is 5.75 Å². The molecule has 0 radical (unpaired) electrons. The zero-order valence-electron chi connectivity index (χ0n) is 12.2. The molecule has 1 aliphatic rings. The summed E-state index contributed by atoms with van der Waals surface area (Å²) in [4.78, 5) is 7.16. The van der Waals surface area contributed by atoms with Gasteiger partial charge in [0, 0.05) is 37.7 Å². The van der Waals surface area contributed by atoms with Crippen LogP contribution in [0.5, 0.6) is 5.75 Å². The fourth-order valence-corrected chi connectivity index (χ4v) is 3.93.